The van der Waals surface area contributed by atoms with Crippen molar-refractivity contribution in [1.82, 2.24) is 5.32 Å². The van der Waals surface area contributed by atoms with E-state index in [0.29, 0.717) is 0 Å². The van der Waals surface area contributed by atoms with Gasteiger partial charge < -0.3 is 15.2 Å². The van der Waals surface area contributed by atoms with Crippen LogP contribution in [0.5, 0.6) is 5.75 Å². The van der Waals surface area contributed by atoms with Gasteiger partial charge in [0.2, 0.25) is 0 Å². The second-order valence-corrected chi connectivity index (χ2v) is 3.47. The summed E-state index contributed by atoms with van der Waals surface area (Å²) in [4.78, 5) is 22.2. The molecule has 7 heteroatoms. The molecule has 0 aromatic heterocycles. The van der Waals surface area contributed by atoms with E-state index in [1.54, 1.807) is 0 Å². The third-order valence-electron chi connectivity index (χ3n) is 2.21. The number of benzene rings is 1. The Bertz CT molecular complexity index is 490. The Hall–Kier alpha value is -2.18. The summed E-state index contributed by atoms with van der Waals surface area (Å²) in [6.07, 6.45) is 0. The molecule has 0 unspecified atom stereocenters. The van der Waals surface area contributed by atoms with Crippen LogP contribution in [0.25, 0.3) is 0 Å². The van der Waals surface area contributed by atoms with Crippen molar-refractivity contribution >= 4 is 11.9 Å². The summed E-state index contributed by atoms with van der Waals surface area (Å²) in [7, 11) is 1.08. The predicted molar refractivity (Wildman–Crippen MR) is 57.5 cm³/mol. The third kappa shape index (κ3) is 2.73. The van der Waals surface area contributed by atoms with E-state index in [0.717, 1.165) is 19.2 Å². The maximum absolute atomic E-state index is 13.5. The zero-order valence-electron chi connectivity index (χ0n) is 9.66. The number of amides is 1. The van der Waals surface area contributed by atoms with E-state index in [2.05, 4.69) is 4.74 Å². The molecule has 0 aliphatic heterocycles. The highest BCUT2D eigenvalue weighted by atomic mass is 19.1. The molecule has 1 amide bonds. The number of aliphatic carboxylic acids is 1. The highest BCUT2D eigenvalue weighted by molar-refractivity contribution is 5.99. The Labute approximate surface area is 101 Å². The van der Waals surface area contributed by atoms with Crippen LogP contribution in [0.1, 0.15) is 17.3 Å². The van der Waals surface area contributed by atoms with Crippen LogP contribution in [0.3, 0.4) is 0 Å². The molecular formula is C11H11F2NO4. The van der Waals surface area contributed by atoms with Crippen LogP contribution >= 0.6 is 0 Å². The second-order valence-electron chi connectivity index (χ2n) is 3.47. The summed E-state index contributed by atoms with van der Waals surface area (Å²) in [5.41, 5.74) is -0.661. The van der Waals surface area contributed by atoms with Crippen LogP contribution in [0.15, 0.2) is 12.1 Å². The highest BCUT2D eigenvalue weighted by Gasteiger charge is 2.24. The number of carboxylic acid groups (broad SMARTS) is 1. The van der Waals surface area contributed by atoms with Crippen LogP contribution in [0.2, 0.25) is 0 Å². The number of carbonyl (C=O) groups excluding carboxylic acids is 1. The first-order valence-electron chi connectivity index (χ1n) is 4.94. The number of hydrogen-bond donors (Lipinski definition) is 2. The Morgan fingerprint density at radius 3 is 2.39 bits per heavy atom. The maximum Gasteiger partial charge on any atom is 0.325 e. The minimum absolute atomic E-state index is 0.565. The topological polar surface area (TPSA) is 75.6 Å². The first kappa shape index (κ1) is 13.9. The summed E-state index contributed by atoms with van der Waals surface area (Å²) in [5.74, 6) is -4.82. The predicted octanol–water partition coefficient (Wildman–Crippen LogP) is 1.18. The van der Waals surface area contributed by atoms with Crippen molar-refractivity contribution in [3.63, 3.8) is 0 Å². The Kier molecular flexibility index (Phi) is 4.19. The average Bonchev–Trinajstić information content (AvgIpc) is 2.31. The van der Waals surface area contributed by atoms with Crippen LogP contribution in [0.4, 0.5) is 8.78 Å². The van der Waals surface area contributed by atoms with Gasteiger partial charge in [-0.1, -0.05) is 0 Å². The monoisotopic (exact) mass is 259 g/mol. The molecule has 2 N–H and O–H groups in total. The molecular weight excluding hydrogens is 248 g/mol. The van der Waals surface area contributed by atoms with Crippen molar-refractivity contribution in [1.29, 1.82) is 0 Å². The molecule has 1 aromatic rings. The minimum atomic E-state index is -1.29. The lowest BCUT2D eigenvalue weighted by atomic mass is 10.1. The summed E-state index contributed by atoms with van der Waals surface area (Å²) >= 11 is 0. The molecule has 0 spiro atoms. The normalized spacial score (nSPS) is 11.8. The Morgan fingerprint density at radius 2 is 1.89 bits per heavy atom. The molecule has 5 nitrogen and oxygen atoms in total. The van der Waals surface area contributed by atoms with Gasteiger partial charge in [0.15, 0.2) is 11.6 Å². The quantitative estimate of drug-likeness (QED) is 0.851. The molecule has 0 heterocycles. The fourth-order valence-electron chi connectivity index (χ4n) is 1.27. The molecule has 0 saturated carbocycles. The SMILES string of the molecule is COc1c(F)ccc(F)c1C(=O)N[C@H](C)C(=O)O. The van der Waals surface area contributed by atoms with Gasteiger partial charge in [-0.05, 0) is 19.1 Å². The van der Waals surface area contributed by atoms with Crippen LogP contribution < -0.4 is 10.1 Å². The Balaban J connectivity index is 3.12. The van der Waals surface area contributed by atoms with Gasteiger partial charge in [0, 0.05) is 0 Å². The lowest BCUT2D eigenvalue weighted by Crippen LogP contribution is -2.38. The third-order valence-corrected chi connectivity index (χ3v) is 2.21. The molecule has 0 bridgehead atoms. The number of rotatable bonds is 4. The lowest BCUT2D eigenvalue weighted by Gasteiger charge is -2.13. The number of carboxylic acids is 1. The van der Waals surface area contributed by atoms with Crippen molar-refractivity contribution in [3.8, 4) is 5.75 Å². The van der Waals surface area contributed by atoms with E-state index in [4.69, 9.17) is 5.11 Å². The zero-order valence-corrected chi connectivity index (χ0v) is 9.66. The molecule has 0 saturated heterocycles. The number of ether oxygens (including phenoxy) is 1. The van der Waals surface area contributed by atoms with Gasteiger partial charge in [0.05, 0.1) is 7.11 Å². The fraction of sp³-hybridized carbons (Fsp3) is 0.273. The largest absolute Gasteiger partial charge is 0.493 e. The first-order valence-corrected chi connectivity index (χ1v) is 4.94. The van der Waals surface area contributed by atoms with E-state index in [1.165, 1.54) is 6.92 Å². The van der Waals surface area contributed by atoms with Crippen LogP contribution in [0, 0.1) is 11.6 Å². The summed E-state index contributed by atoms with van der Waals surface area (Å²) in [6, 6.07) is 0.342. The van der Waals surface area contributed by atoms with E-state index in [-0.39, 0.29) is 0 Å². The number of hydrogen-bond acceptors (Lipinski definition) is 3. The van der Waals surface area contributed by atoms with Crippen molar-refractivity contribution in [2.45, 2.75) is 13.0 Å². The van der Waals surface area contributed by atoms with Gasteiger partial charge in [-0.3, -0.25) is 9.59 Å². The van der Waals surface area contributed by atoms with Crippen molar-refractivity contribution in [2.75, 3.05) is 7.11 Å². The van der Waals surface area contributed by atoms with Crippen molar-refractivity contribution in [3.05, 3.63) is 29.3 Å². The molecule has 1 rings (SSSR count). The molecule has 18 heavy (non-hydrogen) atoms. The average molecular weight is 259 g/mol. The molecule has 0 aliphatic rings. The maximum atomic E-state index is 13.5. The van der Waals surface area contributed by atoms with Gasteiger partial charge in [0.1, 0.15) is 17.4 Å². The number of halogens is 2. The molecule has 1 aromatic carbocycles. The summed E-state index contributed by atoms with van der Waals surface area (Å²) in [5, 5.41) is 10.6. The highest BCUT2D eigenvalue weighted by Crippen LogP contribution is 2.25. The minimum Gasteiger partial charge on any atom is -0.493 e. The van der Waals surface area contributed by atoms with Gasteiger partial charge in [0.25, 0.3) is 5.91 Å². The van der Waals surface area contributed by atoms with Gasteiger partial charge in [-0.15, -0.1) is 0 Å². The van der Waals surface area contributed by atoms with Gasteiger partial charge in [-0.25, -0.2) is 8.78 Å². The van der Waals surface area contributed by atoms with Crippen LogP contribution in [-0.4, -0.2) is 30.1 Å². The molecule has 0 fully saturated rings. The Morgan fingerprint density at radius 1 is 1.33 bits per heavy atom. The first-order chi connectivity index (χ1) is 8.38. The lowest BCUT2D eigenvalue weighted by molar-refractivity contribution is -0.138. The molecule has 98 valence electrons. The summed E-state index contributed by atoms with van der Waals surface area (Å²) < 4.78 is 31.4. The zero-order chi connectivity index (χ0) is 13.9. The van der Waals surface area contributed by atoms with Gasteiger partial charge in [-0.2, -0.15) is 0 Å². The van der Waals surface area contributed by atoms with Crippen molar-refractivity contribution < 1.29 is 28.2 Å². The molecule has 0 aliphatic carbocycles. The van der Waals surface area contributed by atoms with Crippen LogP contribution in [-0.2, 0) is 4.79 Å². The summed E-state index contributed by atoms with van der Waals surface area (Å²) in [6.45, 7) is 1.20. The molecule has 1 atom stereocenters. The number of carbonyl (C=O) groups is 2. The van der Waals surface area contributed by atoms with E-state index < -0.39 is 40.9 Å². The fourth-order valence-corrected chi connectivity index (χ4v) is 1.27. The van der Waals surface area contributed by atoms with E-state index in [9.17, 15) is 18.4 Å². The number of nitrogens with one attached hydrogen (secondary N) is 1. The van der Waals surface area contributed by atoms with Gasteiger partial charge >= 0.3 is 5.97 Å². The van der Waals surface area contributed by atoms with E-state index >= 15 is 0 Å². The standard InChI is InChI=1S/C11H11F2NO4/c1-5(11(16)17)14-10(15)8-6(12)3-4-7(13)9(8)18-2/h3-5H,1-2H3,(H,14,15)(H,16,17)/t5-/m1/s1. The van der Waals surface area contributed by atoms with Crippen molar-refractivity contribution in [2.24, 2.45) is 0 Å². The molecule has 0 radical (unpaired) electrons. The van der Waals surface area contributed by atoms with E-state index in [1.807, 2.05) is 5.32 Å². The number of methoxy groups -OCH3 is 1. The second kappa shape index (κ2) is 5.44. The smallest absolute Gasteiger partial charge is 0.325 e.